The molecule has 7 heteroatoms. The zero-order valence-corrected chi connectivity index (χ0v) is 22.3. The first-order chi connectivity index (χ1) is 19.6. The Morgan fingerprint density at radius 1 is 0.900 bits per heavy atom. The minimum Gasteiger partial charge on any atom is -0.482 e. The highest BCUT2D eigenvalue weighted by molar-refractivity contribution is 5.76. The van der Waals surface area contributed by atoms with E-state index in [2.05, 4.69) is 11.0 Å². The number of hydrogen-bond acceptors (Lipinski definition) is 6. The van der Waals surface area contributed by atoms with Crippen molar-refractivity contribution >= 4 is 5.91 Å². The van der Waals surface area contributed by atoms with Gasteiger partial charge in [-0.3, -0.25) is 14.5 Å². The fraction of sp³-hybridized carbons (Fsp3) is 0.242. The summed E-state index contributed by atoms with van der Waals surface area (Å²) in [4.78, 5) is 29.4. The maximum atomic E-state index is 12.7. The van der Waals surface area contributed by atoms with Gasteiger partial charge in [0.1, 0.15) is 18.6 Å². The molecule has 40 heavy (non-hydrogen) atoms. The van der Waals surface area contributed by atoms with E-state index in [0.29, 0.717) is 37.4 Å². The smallest absolute Gasteiger partial charge is 0.227 e. The van der Waals surface area contributed by atoms with Gasteiger partial charge in [0.05, 0.1) is 18.2 Å². The van der Waals surface area contributed by atoms with Crippen LogP contribution in [0.3, 0.4) is 0 Å². The lowest BCUT2D eigenvalue weighted by Crippen LogP contribution is -2.48. The van der Waals surface area contributed by atoms with Crippen molar-refractivity contribution in [1.29, 1.82) is 5.26 Å². The van der Waals surface area contributed by atoms with Crippen molar-refractivity contribution in [3.05, 3.63) is 124 Å². The Balaban J connectivity index is 1.09. The number of benzene rings is 3. The zero-order valence-electron chi connectivity index (χ0n) is 22.3. The number of piperazine rings is 1. The highest BCUT2D eigenvalue weighted by atomic mass is 16.5. The van der Waals surface area contributed by atoms with Crippen molar-refractivity contribution in [2.45, 2.75) is 26.0 Å². The van der Waals surface area contributed by atoms with Crippen LogP contribution in [0.4, 0.5) is 0 Å². The number of carbonyl (C=O) groups is 1. The largest absolute Gasteiger partial charge is 0.482 e. The number of rotatable bonds is 9. The van der Waals surface area contributed by atoms with Crippen LogP contribution in [-0.4, -0.2) is 41.9 Å². The van der Waals surface area contributed by atoms with E-state index in [4.69, 9.17) is 9.15 Å². The Kier molecular flexibility index (Phi) is 8.69. The maximum Gasteiger partial charge on any atom is 0.227 e. The van der Waals surface area contributed by atoms with Crippen molar-refractivity contribution < 1.29 is 13.9 Å². The first-order valence-electron chi connectivity index (χ1n) is 13.5. The first-order valence-corrected chi connectivity index (χ1v) is 13.5. The molecule has 0 saturated carbocycles. The Hall–Kier alpha value is -4.67. The van der Waals surface area contributed by atoms with Gasteiger partial charge in [0.2, 0.25) is 17.1 Å². The molecule has 7 nitrogen and oxygen atoms in total. The molecule has 0 N–H and O–H groups in total. The fourth-order valence-electron chi connectivity index (χ4n) is 4.83. The average Bonchev–Trinajstić information content (AvgIpc) is 3.00. The van der Waals surface area contributed by atoms with Gasteiger partial charge in [0.25, 0.3) is 0 Å². The van der Waals surface area contributed by atoms with Gasteiger partial charge < -0.3 is 14.1 Å². The number of hydrogen-bond donors (Lipinski definition) is 0. The highest BCUT2D eigenvalue weighted by Crippen LogP contribution is 2.24. The van der Waals surface area contributed by atoms with Crippen LogP contribution in [0.5, 0.6) is 5.75 Å². The topological polar surface area (TPSA) is 86.8 Å². The number of carbonyl (C=O) groups excluding carboxylic acids is 1. The standard InChI is InChI=1S/C33H31N3O4/c34-21-28-8-4-5-9-30(28)27-13-10-26(11-14-27)23-40-32-24-39-29(20-31(32)37)22-35-16-18-36(19-17-35)33(38)15-12-25-6-2-1-3-7-25/h1-11,13-14,20,24H,12,15-19,22-23H2. The molecule has 2 heterocycles. The number of ether oxygens (including phenoxy) is 1. The second-order valence-corrected chi connectivity index (χ2v) is 9.86. The number of amides is 1. The highest BCUT2D eigenvalue weighted by Gasteiger charge is 2.21. The molecule has 0 atom stereocenters. The van der Waals surface area contributed by atoms with Crippen LogP contribution < -0.4 is 10.2 Å². The van der Waals surface area contributed by atoms with Crippen LogP contribution >= 0.6 is 0 Å². The van der Waals surface area contributed by atoms with Crippen molar-refractivity contribution in [3.8, 4) is 22.9 Å². The SMILES string of the molecule is N#Cc1ccccc1-c1ccc(COc2coc(CN3CCN(C(=O)CCc4ccccc4)CC3)cc2=O)cc1. The predicted molar refractivity (Wildman–Crippen MR) is 153 cm³/mol. The molecule has 0 unspecified atom stereocenters. The summed E-state index contributed by atoms with van der Waals surface area (Å²) < 4.78 is 11.5. The van der Waals surface area contributed by atoms with Gasteiger partial charge >= 0.3 is 0 Å². The van der Waals surface area contributed by atoms with Gasteiger partial charge in [-0.15, -0.1) is 0 Å². The van der Waals surface area contributed by atoms with E-state index in [1.807, 2.05) is 77.7 Å². The van der Waals surface area contributed by atoms with Gasteiger partial charge in [-0.25, -0.2) is 0 Å². The minimum atomic E-state index is -0.226. The lowest BCUT2D eigenvalue weighted by molar-refractivity contribution is -0.133. The van der Waals surface area contributed by atoms with Crippen LogP contribution in [0, 0.1) is 11.3 Å². The quantitative estimate of drug-likeness (QED) is 0.300. The molecule has 5 rings (SSSR count). The van der Waals surface area contributed by atoms with Gasteiger partial charge in [-0.05, 0) is 34.7 Å². The molecule has 4 aromatic rings. The van der Waals surface area contributed by atoms with Gasteiger partial charge in [0.15, 0.2) is 0 Å². The van der Waals surface area contributed by atoms with E-state index in [9.17, 15) is 14.9 Å². The molecule has 1 aliphatic rings. The molecular weight excluding hydrogens is 502 g/mol. The van der Waals surface area contributed by atoms with E-state index in [1.165, 1.54) is 17.9 Å². The van der Waals surface area contributed by atoms with E-state index in [-0.39, 0.29) is 23.7 Å². The summed E-state index contributed by atoms with van der Waals surface area (Å²) in [5.74, 6) is 0.913. The maximum absolute atomic E-state index is 12.7. The molecule has 0 radical (unpaired) electrons. The molecule has 1 amide bonds. The van der Waals surface area contributed by atoms with Crippen LogP contribution in [-0.2, 0) is 24.4 Å². The lowest BCUT2D eigenvalue weighted by atomic mass is 9.99. The molecule has 0 aliphatic carbocycles. The van der Waals surface area contributed by atoms with E-state index < -0.39 is 0 Å². The molecule has 202 valence electrons. The predicted octanol–water partition coefficient (Wildman–Crippen LogP) is 5.03. The molecular formula is C33H31N3O4. The normalized spacial score (nSPS) is 13.5. The Morgan fingerprint density at radius 3 is 2.35 bits per heavy atom. The van der Waals surface area contributed by atoms with Crippen molar-refractivity contribution in [2.75, 3.05) is 26.2 Å². The van der Waals surface area contributed by atoms with Crippen molar-refractivity contribution in [3.63, 3.8) is 0 Å². The third kappa shape index (κ3) is 6.85. The van der Waals surface area contributed by atoms with E-state index in [1.54, 1.807) is 6.07 Å². The Labute approximate surface area is 233 Å². The third-order valence-corrected chi connectivity index (χ3v) is 7.13. The fourth-order valence-corrected chi connectivity index (χ4v) is 4.83. The monoisotopic (exact) mass is 533 g/mol. The Morgan fingerprint density at radius 2 is 1.62 bits per heavy atom. The average molecular weight is 534 g/mol. The molecule has 1 aromatic heterocycles. The summed E-state index contributed by atoms with van der Waals surface area (Å²) in [7, 11) is 0. The summed E-state index contributed by atoms with van der Waals surface area (Å²) in [6, 6.07) is 29.0. The molecule has 3 aromatic carbocycles. The Bertz CT molecular complexity index is 1530. The van der Waals surface area contributed by atoms with Crippen LogP contribution in [0.2, 0.25) is 0 Å². The van der Waals surface area contributed by atoms with Crippen molar-refractivity contribution in [1.82, 2.24) is 9.80 Å². The van der Waals surface area contributed by atoms with Crippen molar-refractivity contribution in [2.24, 2.45) is 0 Å². The third-order valence-electron chi connectivity index (χ3n) is 7.13. The molecule has 1 fully saturated rings. The summed E-state index contributed by atoms with van der Waals surface area (Å²) in [5, 5.41) is 9.34. The summed E-state index contributed by atoms with van der Waals surface area (Å²) in [6.07, 6.45) is 2.64. The van der Waals surface area contributed by atoms with Gasteiger partial charge in [-0.2, -0.15) is 5.26 Å². The molecule has 1 aliphatic heterocycles. The number of nitriles is 1. The first kappa shape index (κ1) is 26.9. The number of aryl methyl sites for hydroxylation is 1. The van der Waals surface area contributed by atoms with Crippen LogP contribution in [0.25, 0.3) is 11.1 Å². The van der Waals surface area contributed by atoms with Gasteiger partial charge in [-0.1, -0.05) is 72.8 Å². The van der Waals surface area contributed by atoms with Gasteiger partial charge in [0, 0.05) is 38.7 Å². The summed E-state index contributed by atoms with van der Waals surface area (Å²) in [5.41, 5.74) is 4.30. The minimum absolute atomic E-state index is 0.163. The number of nitrogens with zero attached hydrogens (tertiary/aromatic N) is 3. The second-order valence-electron chi connectivity index (χ2n) is 9.86. The molecule has 1 saturated heterocycles. The summed E-state index contributed by atoms with van der Waals surface area (Å²) >= 11 is 0. The molecule has 0 bridgehead atoms. The van der Waals surface area contributed by atoms with Crippen LogP contribution in [0.1, 0.15) is 28.9 Å². The van der Waals surface area contributed by atoms with E-state index >= 15 is 0 Å². The summed E-state index contributed by atoms with van der Waals surface area (Å²) in [6.45, 7) is 3.53. The van der Waals surface area contributed by atoms with E-state index in [0.717, 1.165) is 36.2 Å². The molecule has 0 spiro atoms. The zero-order chi connectivity index (χ0) is 27.7. The lowest BCUT2D eigenvalue weighted by Gasteiger charge is -2.34. The second kappa shape index (κ2) is 12.9. The van der Waals surface area contributed by atoms with Crippen LogP contribution in [0.15, 0.2) is 100 Å².